The van der Waals surface area contributed by atoms with E-state index >= 15 is 0 Å². The number of methoxy groups -OCH3 is 1. The van der Waals surface area contributed by atoms with Gasteiger partial charge in [0.1, 0.15) is 12.4 Å². The molecule has 1 aliphatic heterocycles. The summed E-state index contributed by atoms with van der Waals surface area (Å²) in [5, 5.41) is 5.82. The summed E-state index contributed by atoms with van der Waals surface area (Å²) in [5.41, 5.74) is 2.04. The number of rotatable bonds is 8. The third kappa shape index (κ3) is 7.09. The highest BCUT2D eigenvalue weighted by atomic mass is 16.5. The maximum Gasteiger partial charge on any atom is 0.318 e. The third-order valence-corrected chi connectivity index (χ3v) is 4.29. The molecule has 7 heteroatoms. The summed E-state index contributed by atoms with van der Waals surface area (Å²) in [6.07, 6.45) is 1.90. The van der Waals surface area contributed by atoms with Crippen LogP contribution in [0.5, 0.6) is 5.75 Å². The number of nitrogens with one attached hydrogen (secondary N) is 2. The quantitative estimate of drug-likeness (QED) is 0.680. The number of carbonyl (C=O) groups excluding carboxylic acids is 2. The minimum Gasteiger partial charge on any atom is -0.491 e. The standard InChI is InChI=1S/C20H31N3O4/c1-15(2)22-20(25)23-10-12-27-18-7-5-16(13-17(18)14-23)6-8-19(24)21-9-4-11-26-3/h5,7,13,15H,4,6,8-12,14H2,1-3H3,(H,21,24)(H,22,25). The molecule has 27 heavy (non-hydrogen) atoms. The fourth-order valence-electron chi connectivity index (χ4n) is 2.91. The first-order valence-electron chi connectivity index (χ1n) is 9.55. The molecule has 0 aromatic heterocycles. The van der Waals surface area contributed by atoms with Crippen molar-refractivity contribution in [3.05, 3.63) is 29.3 Å². The molecular formula is C20H31N3O4. The van der Waals surface area contributed by atoms with Crippen LogP contribution in [0.1, 0.15) is 37.8 Å². The second-order valence-corrected chi connectivity index (χ2v) is 7.01. The van der Waals surface area contributed by atoms with E-state index in [0.29, 0.717) is 45.7 Å². The Morgan fingerprint density at radius 1 is 1.33 bits per heavy atom. The number of amides is 3. The molecule has 2 N–H and O–H groups in total. The Balaban J connectivity index is 1.91. The van der Waals surface area contributed by atoms with Gasteiger partial charge in [-0.15, -0.1) is 0 Å². The Labute approximate surface area is 161 Å². The first kappa shape index (κ1) is 21.0. The first-order chi connectivity index (χ1) is 13.0. The Hall–Kier alpha value is -2.28. The number of urea groups is 1. The molecule has 7 nitrogen and oxygen atoms in total. The van der Waals surface area contributed by atoms with Crippen molar-refractivity contribution >= 4 is 11.9 Å². The second-order valence-electron chi connectivity index (χ2n) is 7.01. The molecule has 2 rings (SSSR count). The molecule has 0 aliphatic carbocycles. The third-order valence-electron chi connectivity index (χ3n) is 4.29. The van der Waals surface area contributed by atoms with E-state index in [2.05, 4.69) is 10.6 Å². The normalized spacial score (nSPS) is 13.6. The molecule has 1 heterocycles. The van der Waals surface area contributed by atoms with E-state index in [-0.39, 0.29) is 18.0 Å². The van der Waals surface area contributed by atoms with Gasteiger partial charge in [-0.05, 0) is 38.3 Å². The largest absolute Gasteiger partial charge is 0.491 e. The topological polar surface area (TPSA) is 79.9 Å². The number of carbonyl (C=O) groups is 2. The van der Waals surface area contributed by atoms with Crippen LogP contribution in [0.25, 0.3) is 0 Å². The molecule has 0 fully saturated rings. The molecule has 1 aromatic carbocycles. The summed E-state index contributed by atoms with van der Waals surface area (Å²) in [6, 6.07) is 5.97. The maximum absolute atomic E-state index is 12.3. The van der Waals surface area contributed by atoms with Gasteiger partial charge in [-0.25, -0.2) is 4.79 Å². The van der Waals surface area contributed by atoms with Gasteiger partial charge >= 0.3 is 6.03 Å². The van der Waals surface area contributed by atoms with Gasteiger partial charge in [0.2, 0.25) is 5.91 Å². The zero-order valence-electron chi connectivity index (χ0n) is 16.5. The number of nitrogens with zero attached hydrogens (tertiary/aromatic N) is 1. The Morgan fingerprint density at radius 2 is 2.15 bits per heavy atom. The highest BCUT2D eigenvalue weighted by Crippen LogP contribution is 2.25. The van der Waals surface area contributed by atoms with Crippen molar-refractivity contribution in [1.29, 1.82) is 0 Å². The van der Waals surface area contributed by atoms with Crippen LogP contribution >= 0.6 is 0 Å². The van der Waals surface area contributed by atoms with Crippen LogP contribution in [0.3, 0.4) is 0 Å². The van der Waals surface area contributed by atoms with Crippen LogP contribution in [0.2, 0.25) is 0 Å². The van der Waals surface area contributed by atoms with Gasteiger partial charge < -0.3 is 25.0 Å². The number of ether oxygens (including phenoxy) is 2. The highest BCUT2D eigenvalue weighted by Gasteiger charge is 2.20. The average molecular weight is 377 g/mol. The Bertz CT molecular complexity index is 634. The molecule has 0 saturated carbocycles. The number of benzene rings is 1. The van der Waals surface area contributed by atoms with Gasteiger partial charge in [-0.1, -0.05) is 12.1 Å². The molecule has 0 atom stereocenters. The number of hydrogen-bond acceptors (Lipinski definition) is 4. The monoisotopic (exact) mass is 377 g/mol. The molecule has 3 amide bonds. The smallest absolute Gasteiger partial charge is 0.318 e. The van der Waals surface area contributed by atoms with E-state index in [1.54, 1.807) is 12.0 Å². The van der Waals surface area contributed by atoms with Crippen LogP contribution in [0, 0.1) is 0 Å². The van der Waals surface area contributed by atoms with E-state index < -0.39 is 0 Å². The molecule has 150 valence electrons. The number of aryl methyl sites for hydroxylation is 1. The van der Waals surface area contributed by atoms with Crippen LogP contribution < -0.4 is 15.4 Å². The molecule has 0 radical (unpaired) electrons. The van der Waals surface area contributed by atoms with Gasteiger partial charge in [0.15, 0.2) is 0 Å². The molecule has 0 saturated heterocycles. The van der Waals surface area contributed by atoms with Gasteiger partial charge in [-0.2, -0.15) is 0 Å². The SMILES string of the molecule is COCCCNC(=O)CCc1ccc2c(c1)CN(C(=O)NC(C)C)CCO2. The molecule has 1 aromatic rings. The van der Waals surface area contributed by atoms with Gasteiger partial charge in [-0.3, -0.25) is 4.79 Å². The zero-order valence-corrected chi connectivity index (χ0v) is 16.5. The van der Waals surface area contributed by atoms with E-state index in [9.17, 15) is 9.59 Å². The number of hydrogen-bond donors (Lipinski definition) is 2. The van der Waals surface area contributed by atoms with Crippen LogP contribution in [-0.4, -0.2) is 56.3 Å². The van der Waals surface area contributed by atoms with Crippen LogP contribution in [-0.2, 0) is 22.5 Å². The van der Waals surface area contributed by atoms with Crippen molar-refractivity contribution in [1.82, 2.24) is 15.5 Å². The van der Waals surface area contributed by atoms with Crippen LogP contribution in [0.15, 0.2) is 18.2 Å². The van der Waals surface area contributed by atoms with E-state index in [4.69, 9.17) is 9.47 Å². The molecular weight excluding hydrogens is 346 g/mol. The summed E-state index contributed by atoms with van der Waals surface area (Å²) in [6.45, 7) is 6.69. The summed E-state index contributed by atoms with van der Waals surface area (Å²) < 4.78 is 10.7. The lowest BCUT2D eigenvalue weighted by atomic mass is 10.0. The highest BCUT2D eigenvalue weighted by molar-refractivity contribution is 5.76. The van der Waals surface area contributed by atoms with Gasteiger partial charge in [0.25, 0.3) is 0 Å². The first-order valence-corrected chi connectivity index (χ1v) is 9.55. The molecule has 0 bridgehead atoms. The van der Waals surface area contributed by atoms with Crippen molar-refractivity contribution in [3.63, 3.8) is 0 Å². The summed E-state index contributed by atoms with van der Waals surface area (Å²) in [4.78, 5) is 26.0. The maximum atomic E-state index is 12.3. The van der Waals surface area contributed by atoms with Crippen molar-refractivity contribution in [2.75, 3.05) is 33.4 Å². The Morgan fingerprint density at radius 3 is 2.89 bits per heavy atom. The minimum atomic E-state index is -0.0812. The Kier molecular flexibility index (Phi) is 8.39. The molecule has 1 aliphatic rings. The van der Waals surface area contributed by atoms with Crippen molar-refractivity contribution in [3.8, 4) is 5.75 Å². The predicted octanol–water partition coefficient (Wildman–Crippen LogP) is 2.08. The fourth-order valence-corrected chi connectivity index (χ4v) is 2.91. The molecule has 0 unspecified atom stereocenters. The van der Waals surface area contributed by atoms with E-state index in [1.165, 1.54) is 0 Å². The average Bonchev–Trinajstić information content (AvgIpc) is 2.85. The number of fused-ring (bicyclic) bond motifs is 1. The van der Waals surface area contributed by atoms with E-state index in [0.717, 1.165) is 23.3 Å². The summed E-state index contributed by atoms with van der Waals surface area (Å²) in [5.74, 6) is 0.845. The van der Waals surface area contributed by atoms with Crippen molar-refractivity contribution < 1.29 is 19.1 Å². The van der Waals surface area contributed by atoms with Gasteiger partial charge in [0.05, 0.1) is 13.1 Å². The second kappa shape index (κ2) is 10.8. The fraction of sp³-hybridized carbons (Fsp3) is 0.600. The summed E-state index contributed by atoms with van der Waals surface area (Å²) >= 11 is 0. The lowest BCUT2D eigenvalue weighted by Gasteiger charge is -2.22. The lowest BCUT2D eigenvalue weighted by molar-refractivity contribution is -0.121. The predicted molar refractivity (Wildman–Crippen MR) is 104 cm³/mol. The van der Waals surface area contributed by atoms with Gasteiger partial charge in [0, 0.05) is 38.3 Å². The summed E-state index contributed by atoms with van der Waals surface area (Å²) in [7, 11) is 1.65. The van der Waals surface area contributed by atoms with Crippen molar-refractivity contribution in [2.24, 2.45) is 0 Å². The molecule has 0 spiro atoms. The lowest BCUT2D eigenvalue weighted by Crippen LogP contribution is -2.43. The minimum absolute atomic E-state index is 0.0373. The zero-order chi connectivity index (χ0) is 19.6. The van der Waals surface area contributed by atoms with Crippen LogP contribution in [0.4, 0.5) is 4.79 Å². The van der Waals surface area contributed by atoms with Crippen molar-refractivity contribution in [2.45, 2.75) is 45.7 Å². The van der Waals surface area contributed by atoms with E-state index in [1.807, 2.05) is 32.0 Å².